The quantitative estimate of drug-likeness (QED) is 0.610. The summed E-state index contributed by atoms with van der Waals surface area (Å²) in [7, 11) is 0. The summed E-state index contributed by atoms with van der Waals surface area (Å²) in [6.45, 7) is 5.35. The predicted molar refractivity (Wildman–Crippen MR) is 50.9 cm³/mol. The van der Waals surface area contributed by atoms with Crippen molar-refractivity contribution in [1.82, 2.24) is 0 Å². The second-order valence-electron chi connectivity index (χ2n) is 2.92. The van der Waals surface area contributed by atoms with E-state index in [1.807, 2.05) is 26.0 Å². The van der Waals surface area contributed by atoms with Gasteiger partial charge in [0.2, 0.25) is 0 Å². The van der Waals surface area contributed by atoms with Gasteiger partial charge in [0.1, 0.15) is 0 Å². The number of hydrogen-bond donors (Lipinski definition) is 0. The minimum Gasteiger partial charge on any atom is -0.294 e. The Bertz CT molecular complexity index is 329. The van der Waals surface area contributed by atoms with Crippen LogP contribution in [-0.4, -0.2) is 5.78 Å². The Morgan fingerprint density at radius 3 is 2.33 bits per heavy atom. The fourth-order valence-corrected chi connectivity index (χ4v) is 1.52. The van der Waals surface area contributed by atoms with E-state index in [1.54, 1.807) is 6.92 Å². The van der Waals surface area contributed by atoms with Crippen molar-refractivity contribution in [2.45, 2.75) is 20.8 Å². The van der Waals surface area contributed by atoms with Crippen LogP contribution in [0.1, 0.15) is 28.4 Å². The van der Waals surface area contributed by atoms with Gasteiger partial charge in [0.05, 0.1) is 0 Å². The summed E-state index contributed by atoms with van der Waals surface area (Å²) in [5, 5.41) is 0.658. The van der Waals surface area contributed by atoms with E-state index < -0.39 is 0 Å². The Morgan fingerprint density at radius 2 is 1.92 bits per heavy atom. The van der Waals surface area contributed by atoms with Gasteiger partial charge < -0.3 is 0 Å². The number of aryl methyl sites for hydroxylation is 1. The van der Waals surface area contributed by atoms with Crippen molar-refractivity contribution in [2.75, 3.05) is 0 Å². The molecule has 12 heavy (non-hydrogen) atoms. The van der Waals surface area contributed by atoms with Crippen molar-refractivity contribution >= 4 is 17.4 Å². The Balaban J connectivity index is 3.43. The van der Waals surface area contributed by atoms with Gasteiger partial charge in [-0.1, -0.05) is 17.7 Å². The molecule has 0 unspecified atom stereocenters. The number of ketones is 1. The molecule has 0 aliphatic rings. The molecule has 0 spiro atoms. The van der Waals surface area contributed by atoms with E-state index in [9.17, 15) is 4.79 Å². The highest BCUT2D eigenvalue weighted by Gasteiger charge is 2.09. The molecule has 0 fully saturated rings. The number of hydrogen-bond acceptors (Lipinski definition) is 1. The first-order valence-electron chi connectivity index (χ1n) is 3.80. The van der Waals surface area contributed by atoms with Crippen molar-refractivity contribution in [3.63, 3.8) is 0 Å². The summed E-state index contributed by atoms with van der Waals surface area (Å²) in [4.78, 5) is 11.2. The summed E-state index contributed by atoms with van der Waals surface area (Å²) in [5.41, 5.74) is 2.62. The number of rotatable bonds is 1. The molecule has 0 saturated heterocycles. The Labute approximate surface area is 77.4 Å². The lowest BCUT2D eigenvalue weighted by atomic mass is 10.00. The molecule has 1 aromatic rings. The van der Waals surface area contributed by atoms with Crippen LogP contribution >= 0.6 is 11.6 Å². The van der Waals surface area contributed by atoms with Crippen LogP contribution in [0.25, 0.3) is 0 Å². The summed E-state index contributed by atoms with van der Waals surface area (Å²) < 4.78 is 0. The third kappa shape index (κ3) is 1.51. The number of benzene rings is 1. The summed E-state index contributed by atoms with van der Waals surface area (Å²) in [6, 6.07) is 3.69. The second-order valence-corrected chi connectivity index (χ2v) is 3.33. The number of carbonyl (C=O) groups excluding carboxylic acids is 1. The predicted octanol–water partition coefficient (Wildman–Crippen LogP) is 3.16. The first-order valence-corrected chi connectivity index (χ1v) is 4.18. The average Bonchev–Trinajstić information content (AvgIpc) is 1.97. The van der Waals surface area contributed by atoms with E-state index in [0.717, 1.165) is 16.7 Å². The zero-order valence-electron chi connectivity index (χ0n) is 7.44. The molecule has 1 aromatic carbocycles. The molecule has 0 bridgehead atoms. The molecule has 0 amide bonds. The normalized spacial score (nSPS) is 10.0. The first-order chi connectivity index (χ1) is 5.54. The molecule has 64 valence electrons. The van der Waals surface area contributed by atoms with Crippen LogP contribution in [0.3, 0.4) is 0 Å². The number of carbonyl (C=O) groups is 1. The SMILES string of the molecule is CC(=O)c1c(C)ccc(Cl)c1C. The maximum absolute atomic E-state index is 11.2. The molecule has 0 heterocycles. The van der Waals surface area contributed by atoms with Crippen LogP contribution in [0, 0.1) is 13.8 Å². The summed E-state index contributed by atoms with van der Waals surface area (Å²) in [6.07, 6.45) is 0. The first kappa shape index (κ1) is 9.27. The smallest absolute Gasteiger partial charge is 0.160 e. The lowest BCUT2D eigenvalue weighted by Gasteiger charge is -2.07. The van der Waals surface area contributed by atoms with Gasteiger partial charge in [0.15, 0.2) is 5.78 Å². The van der Waals surface area contributed by atoms with Crippen molar-refractivity contribution in [3.8, 4) is 0 Å². The third-order valence-corrected chi connectivity index (χ3v) is 2.37. The van der Waals surface area contributed by atoms with Crippen LogP contribution < -0.4 is 0 Å². The Kier molecular flexibility index (Phi) is 2.53. The van der Waals surface area contributed by atoms with E-state index in [4.69, 9.17) is 11.6 Å². The fourth-order valence-electron chi connectivity index (χ4n) is 1.36. The van der Waals surface area contributed by atoms with Gasteiger partial charge >= 0.3 is 0 Å². The number of Topliss-reactive ketones (excluding diaryl/α,β-unsaturated/α-hetero) is 1. The third-order valence-electron chi connectivity index (χ3n) is 1.96. The maximum atomic E-state index is 11.2. The van der Waals surface area contributed by atoms with Gasteiger partial charge in [-0.05, 0) is 38.0 Å². The highest BCUT2D eigenvalue weighted by molar-refractivity contribution is 6.31. The topological polar surface area (TPSA) is 17.1 Å². The van der Waals surface area contributed by atoms with E-state index in [0.29, 0.717) is 5.02 Å². The maximum Gasteiger partial charge on any atom is 0.160 e. The second kappa shape index (κ2) is 3.28. The van der Waals surface area contributed by atoms with Crippen LogP contribution in [0.2, 0.25) is 5.02 Å². The molecule has 1 rings (SSSR count). The van der Waals surface area contributed by atoms with Gasteiger partial charge in [0, 0.05) is 10.6 Å². The van der Waals surface area contributed by atoms with Crippen molar-refractivity contribution in [1.29, 1.82) is 0 Å². The molecular formula is C10H11ClO. The van der Waals surface area contributed by atoms with Gasteiger partial charge in [-0.15, -0.1) is 0 Å². The minimum atomic E-state index is 0.0764. The highest BCUT2D eigenvalue weighted by atomic mass is 35.5. The van der Waals surface area contributed by atoms with Crippen LogP contribution in [0.5, 0.6) is 0 Å². The fraction of sp³-hybridized carbons (Fsp3) is 0.300. The van der Waals surface area contributed by atoms with Crippen molar-refractivity contribution < 1.29 is 4.79 Å². The molecule has 0 atom stereocenters. The Morgan fingerprint density at radius 1 is 1.33 bits per heavy atom. The van der Waals surface area contributed by atoms with Crippen molar-refractivity contribution in [3.05, 3.63) is 33.8 Å². The van der Waals surface area contributed by atoms with Gasteiger partial charge in [-0.25, -0.2) is 0 Å². The van der Waals surface area contributed by atoms with Crippen LogP contribution in [-0.2, 0) is 0 Å². The highest BCUT2D eigenvalue weighted by Crippen LogP contribution is 2.22. The van der Waals surface area contributed by atoms with Crippen molar-refractivity contribution in [2.24, 2.45) is 0 Å². The number of halogens is 1. The molecule has 0 aliphatic heterocycles. The van der Waals surface area contributed by atoms with E-state index >= 15 is 0 Å². The summed E-state index contributed by atoms with van der Waals surface area (Å²) in [5.74, 6) is 0.0764. The van der Waals surface area contributed by atoms with Gasteiger partial charge in [-0.2, -0.15) is 0 Å². The van der Waals surface area contributed by atoms with Gasteiger partial charge in [0.25, 0.3) is 0 Å². The molecular weight excluding hydrogens is 172 g/mol. The van der Waals surface area contributed by atoms with Crippen LogP contribution in [0.4, 0.5) is 0 Å². The molecule has 0 aromatic heterocycles. The minimum absolute atomic E-state index is 0.0764. The largest absolute Gasteiger partial charge is 0.294 e. The molecule has 1 nitrogen and oxygen atoms in total. The lowest BCUT2D eigenvalue weighted by molar-refractivity contribution is 0.101. The lowest BCUT2D eigenvalue weighted by Crippen LogP contribution is -1.99. The van der Waals surface area contributed by atoms with E-state index in [1.165, 1.54) is 0 Å². The van der Waals surface area contributed by atoms with E-state index in [2.05, 4.69) is 0 Å². The van der Waals surface area contributed by atoms with E-state index in [-0.39, 0.29) is 5.78 Å². The standard InChI is InChI=1S/C10H11ClO/c1-6-4-5-9(11)7(2)10(6)8(3)12/h4-5H,1-3H3. The average molecular weight is 183 g/mol. The van der Waals surface area contributed by atoms with Gasteiger partial charge in [-0.3, -0.25) is 4.79 Å². The Hall–Kier alpha value is -0.820. The molecule has 0 N–H and O–H groups in total. The monoisotopic (exact) mass is 182 g/mol. The molecule has 2 heteroatoms. The summed E-state index contributed by atoms with van der Waals surface area (Å²) >= 11 is 5.88. The zero-order valence-corrected chi connectivity index (χ0v) is 8.20. The zero-order chi connectivity index (χ0) is 9.30. The molecule has 0 saturated carbocycles. The molecule has 0 radical (unpaired) electrons. The van der Waals surface area contributed by atoms with Crippen LogP contribution in [0.15, 0.2) is 12.1 Å². The molecule has 0 aliphatic carbocycles.